The van der Waals surface area contributed by atoms with Crippen LogP contribution in [0.5, 0.6) is 0 Å². The van der Waals surface area contributed by atoms with Gasteiger partial charge in [-0.05, 0) is 17.2 Å². The second-order valence-electron chi connectivity index (χ2n) is 6.41. The lowest BCUT2D eigenvalue weighted by Crippen LogP contribution is -2.54. The van der Waals surface area contributed by atoms with E-state index in [1.807, 2.05) is 60.7 Å². The lowest BCUT2D eigenvalue weighted by Gasteiger charge is -2.44. The zero-order valence-electron chi connectivity index (χ0n) is 14.5. The molecule has 0 radical (unpaired) electrons. The summed E-state index contributed by atoms with van der Waals surface area (Å²) < 4.78 is 5.90. The molecule has 2 aliphatic heterocycles. The minimum Gasteiger partial charge on any atom is -0.448 e. The molecule has 0 aliphatic carbocycles. The van der Waals surface area contributed by atoms with Gasteiger partial charge < -0.3 is 4.74 Å². The van der Waals surface area contributed by atoms with Gasteiger partial charge in [0.2, 0.25) is 5.91 Å². The van der Waals surface area contributed by atoms with E-state index in [1.54, 1.807) is 17.8 Å². The number of amides is 1. The summed E-state index contributed by atoms with van der Waals surface area (Å²) in [6.45, 7) is 0. The summed E-state index contributed by atoms with van der Waals surface area (Å²) in [6.07, 6.45) is 1.64. The van der Waals surface area contributed by atoms with Crippen molar-refractivity contribution < 1.29 is 14.3 Å². The first-order valence-corrected chi connectivity index (χ1v) is 10.2. The van der Waals surface area contributed by atoms with E-state index in [2.05, 4.69) is 0 Å². The van der Waals surface area contributed by atoms with Crippen molar-refractivity contribution in [3.63, 3.8) is 0 Å². The Hall–Kier alpha value is -2.24. The zero-order chi connectivity index (χ0) is 18.8. The van der Waals surface area contributed by atoms with E-state index in [0.29, 0.717) is 18.0 Å². The molecule has 0 N–H and O–H groups in total. The van der Waals surface area contributed by atoms with Crippen molar-refractivity contribution >= 4 is 35.2 Å². The molecule has 1 fully saturated rings. The maximum Gasteiger partial charge on any atom is 0.355 e. The van der Waals surface area contributed by atoms with E-state index in [9.17, 15) is 9.59 Å². The van der Waals surface area contributed by atoms with E-state index in [4.69, 9.17) is 16.3 Å². The number of hydrogen-bond acceptors (Lipinski definition) is 4. The molecule has 0 spiro atoms. The number of carbonyl (C=O) groups excluding carboxylic acids is 2. The predicted octanol–water partition coefficient (Wildman–Crippen LogP) is 4.12. The monoisotopic (exact) mass is 399 g/mol. The van der Waals surface area contributed by atoms with Gasteiger partial charge in [-0.25, -0.2) is 4.79 Å². The Morgan fingerprint density at radius 2 is 1.70 bits per heavy atom. The zero-order valence-corrected chi connectivity index (χ0v) is 16.0. The average molecular weight is 400 g/mol. The normalized spacial score (nSPS) is 21.3. The molecule has 1 saturated heterocycles. The SMILES string of the molecule is O=C(OC(c1ccccc1)c1ccccc1)C1=CC(CCl)S[C@@H]2CC(=O)N12. The molecule has 2 aliphatic rings. The predicted molar refractivity (Wildman–Crippen MR) is 106 cm³/mol. The second-order valence-corrected chi connectivity index (χ2v) is 8.14. The minimum absolute atomic E-state index is 0.00420. The molecule has 0 bridgehead atoms. The second kappa shape index (κ2) is 7.79. The largest absolute Gasteiger partial charge is 0.448 e. The highest BCUT2D eigenvalue weighted by Gasteiger charge is 2.46. The Labute approximate surface area is 167 Å². The number of ether oxygens (including phenoxy) is 1. The van der Waals surface area contributed by atoms with Gasteiger partial charge in [-0.2, -0.15) is 0 Å². The first-order chi connectivity index (χ1) is 13.2. The fraction of sp³-hybridized carbons (Fsp3) is 0.238. The molecule has 138 valence electrons. The number of fused-ring (bicyclic) bond motifs is 1. The third kappa shape index (κ3) is 3.62. The van der Waals surface area contributed by atoms with E-state index in [0.717, 1.165) is 11.1 Å². The molecule has 2 aromatic carbocycles. The number of hydrogen-bond donors (Lipinski definition) is 0. The van der Waals surface area contributed by atoms with Gasteiger partial charge in [0.1, 0.15) is 5.70 Å². The molecule has 2 atom stereocenters. The van der Waals surface area contributed by atoms with Crippen LogP contribution < -0.4 is 0 Å². The van der Waals surface area contributed by atoms with Crippen molar-refractivity contribution in [1.82, 2.24) is 4.90 Å². The highest BCUT2D eigenvalue weighted by atomic mass is 35.5. The summed E-state index contributed by atoms with van der Waals surface area (Å²) in [4.78, 5) is 26.6. The third-order valence-corrected chi connectivity index (χ3v) is 6.49. The maximum absolute atomic E-state index is 13.0. The number of benzene rings is 2. The van der Waals surface area contributed by atoms with E-state index in [-0.39, 0.29) is 16.5 Å². The number of alkyl halides is 1. The van der Waals surface area contributed by atoms with Crippen LogP contribution in [0, 0.1) is 0 Å². The van der Waals surface area contributed by atoms with Crippen LogP contribution in [-0.2, 0) is 14.3 Å². The van der Waals surface area contributed by atoms with Gasteiger partial charge >= 0.3 is 5.97 Å². The number of nitrogens with zero attached hydrogens (tertiary/aromatic N) is 1. The molecule has 1 amide bonds. The third-order valence-electron chi connectivity index (χ3n) is 4.63. The van der Waals surface area contributed by atoms with Crippen molar-refractivity contribution in [2.75, 3.05) is 5.88 Å². The van der Waals surface area contributed by atoms with Gasteiger partial charge in [-0.1, -0.05) is 60.7 Å². The van der Waals surface area contributed by atoms with Crippen molar-refractivity contribution in [2.45, 2.75) is 23.1 Å². The Morgan fingerprint density at radius 3 is 2.22 bits per heavy atom. The van der Waals surface area contributed by atoms with Crippen LogP contribution in [0.25, 0.3) is 0 Å². The number of thioether (sulfide) groups is 1. The molecule has 6 heteroatoms. The number of esters is 1. The smallest absolute Gasteiger partial charge is 0.355 e. The summed E-state index contributed by atoms with van der Waals surface area (Å²) in [7, 11) is 0. The van der Waals surface area contributed by atoms with Crippen LogP contribution in [0.2, 0.25) is 0 Å². The van der Waals surface area contributed by atoms with Gasteiger partial charge in [0.25, 0.3) is 0 Å². The number of halogens is 1. The van der Waals surface area contributed by atoms with Crippen molar-refractivity contribution in [2.24, 2.45) is 0 Å². The van der Waals surface area contributed by atoms with Crippen LogP contribution in [0.1, 0.15) is 23.7 Å². The number of carbonyl (C=O) groups is 2. The lowest BCUT2D eigenvalue weighted by atomic mass is 10.0. The molecule has 4 rings (SSSR count). The summed E-state index contributed by atoms with van der Waals surface area (Å²) >= 11 is 7.61. The van der Waals surface area contributed by atoms with Gasteiger partial charge in [0.05, 0.1) is 11.8 Å². The van der Waals surface area contributed by atoms with Crippen molar-refractivity contribution in [3.8, 4) is 0 Å². The topological polar surface area (TPSA) is 46.6 Å². The fourth-order valence-corrected chi connectivity index (χ4v) is 4.86. The Balaban J connectivity index is 1.64. The average Bonchev–Trinajstić information content (AvgIpc) is 2.71. The quantitative estimate of drug-likeness (QED) is 0.431. The summed E-state index contributed by atoms with van der Waals surface area (Å²) in [6, 6.07) is 19.2. The van der Waals surface area contributed by atoms with E-state index in [1.165, 1.54) is 4.90 Å². The van der Waals surface area contributed by atoms with Crippen molar-refractivity contribution in [1.29, 1.82) is 0 Å². The number of β-lactam (4-membered cyclic amide) rings is 1. The van der Waals surface area contributed by atoms with Crippen molar-refractivity contribution in [3.05, 3.63) is 83.6 Å². The molecule has 1 unspecified atom stereocenters. The van der Waals surface area contributed by atoms with Crippen LogP contribution in [0.3, 0.4) is 0 Å². The van der Waals surface area contributed by atoms with Gasteiger partial charge in [0.15, 0.2) is 6.10 Å². The maximum atomic E-state index is 13.0. The number of rotatable bonds is 5. The first-order valence-electron chi connectivity index (χ1n) is 8.73. The molecule has 0 aromatic heterocycles. The molecule has 27 heavy (non-hydrogen) atoms. The summed E-state index contributed by atoms with van der Waals surface area (Å²) in [5.41, 5.74) is 2.06. The molecule has 2 heterocycles. The first kappa shape index (κ1) is 18.1. The fourth-order valence-electron chi connectivity index (χ4n) is 3.28. The molecule has 0 saturated carbocycles. The van der Waals surface area contributed by atoms with E-state index < -0.39 is 12.1 Å². The summed E-state index contributed by atoms with van der Waals surface area (Å²) in [5.74, 6) is -0.165. The molecular formula is C21H18ClNO3S. The van der Waals surface area contributed by atoms with Gasteiger partial charge in [-0.3, -0.25) is 9.69 Å². The standard InChI is InChI=1S/C21H18ClNO3S/c22-13-16-11-17(23-18(24)12-19(23)27-16)21(25)26-20(14-7-3-1-4-8-14)15-9-5-2-6-10-15/h1-11,16,19-20H,12-13H2/t16?,19-/m1/s1. The molecular weight excluding hydrogens is 382 g/mol. The van der Waals surface area contributed by atoms with Gasteiger partial charge in [-0.15, -0.1) is 23.4 Å². The van der Waals surface area contributed by atoms with Gasteiger partial charge in [0, 0.05) is 11.1 Å². The van der Waals surface area contributed by atoms with Crippen LogP contribution in [0.15, 0.2) is 72.4 Å². The molecule has 4 nitrogen and oxygen atoms in total. The Kier molecular flexibility index (Phi) is 5.23. The van der Waals surface area contributed by atoms with Crippen LogP contribution >= 0.6 is 23.4 Å². The molecule has 2 aromatic rings. The Morgan fingerprint density at radius 1 is 1.11 bits per heavy atom. The highest BCUT2D eigenvalue weighted by Crippen LogP contribution is 2.41. The van der Waals surface area contributed by atoms with Crippen LogP contribution in [-0.4, -0.2) is 33.3 Å². The summed E-state index contributed by atoms with van der Waals surface area (Å²) in [5, 5.41) is -0.0313. The Bertz CT molecular complexity index is 832. The highest BCUT2D eigenvalue weighted by molar-refractivity contribution is 8.00. The minimum atomic E-state index is -0.542. The van der Waals surface area contributed by atoms with E-state index >= 15 is 0 Å². The van der Waals surface area contributed by atoms with Crippen LogP contribution in [0.4, 0.5) is 0 Å². The lowest BCUT2D eigenvalue weighted by molar-refractivity contribution is -0.151.